The molecule has 0 amide bonds. The summed E-state index contributed by atoms with van der Waals surface area (Å²) in [5.41, 5.74) is 8.18. The number of hydrogen-bond donors (Lipinski definition) is 2. The second-order valence-corrected chi connectivity index (χ2v) is 4.26. The summed E-state index contributed by atoms with van der Waals surface area (Å²) in [6.45, 7) is 1.98. The molecule has 1 fully saturated rings. The Labute approximate surface area is 84.7 Å². The Morgan fingerprint density at radius 3 is 2.79 bits per heavy atom. The molecule has 0 aliphatic heterocycles. The molecule has 2 nitrogen and oxygen atoms in total. The van der Waals surface area contributed by atoms with Gasteiger partial charge in [-0.2, -0.15) is 0 Å². The second kappa shape index (κ2) is 3.62. The number of aromatic hydroxyl groups is 1. The molecular formula is C12H17NO. The highest BCUT2D eigenvalue weighted by atomic mass is 16.3. The van der Waals surface area contributed by atoms with Crippen LogP contribution >= 0.6 is 0 Å². The first kappa shape index (κ1) is 9.53. The SMILES string of the molecule is Cc1c(O)cccc1C1CCC(N)C1. The molecule has 1 aliphatic rings. The molecule has 1 saturated carbocycles. The maximum Gasteiger partial charge on any atom is 0.118 e. The molecule has 0 saturated heterocycles. The van der Waals surface area contributed by atoms with E-state index in [9.17, 15) is 5.11 Å². The van der Waals surface area contributed by atoms with E-state index in [1.807, 2.05) is 13.0 Å². The Hall–Kier alpha value is -1.02. The number of rotatable bonds is 1. The first-order valence-electron chi connectivity index (χ1n) is 5.22. The highest BCUT2D eigenvalue weighted by Gasteiger charge is 2.24. The largest absolute Gasteiger partial charge is 0.508 e. The molecule has 3 N–H and O–H groups in total. The second-order valence-electron chi connectivity index (χ2n) is 4.26. The molecule has 0 radical (unpaired) electrons. The van der Waals surface area contributed by atoms with Gasteiger partial charge in [-0.3, -0.25) is 0 Å². The Bertz CT molecular complexity index is 335. The fraction of sp³-hybridized carbons (Fsp3) is 0.500. The molecule has 0 bridgehead atoms. The smallest absolute Gasteiger partial charge is 0.118 e. The van der Waals surface area contributed by atoms with Crippen molar-refractivity contribution >= 4 is 0 Å². The van der Waals surface area contributed by atoms with Gasteiger partial charge in [-0.1, -0.05) is 12.1 Å². The van der Waals surface area contributed by atoms with Gasteiger partial charge >= 0.3 is 0 Å². The predicted octanol–water partition coefficient (Wildman–Crippen LogP) is 2.30. The molecule has 2 rings (SSSR count). The average Bonchev–Trinajstić information content (AvgIpc) is 2.57. The minimum atomic E-state index is 0.349. The number of phenolic OH excluding ortho intramolecular Hbond substituents is 1. The lowest BCUT2D eigenvalue weighted by Gasteiger charge is -2.13. The van der Waals surface area contributed by atoms with E-state index in [-0.39, 0.29) is 0 Å². The van der Waals surface area contributed by atoms with Gasteiger partial charge in [0.25, 0.3) is 0 Å². The van der Waals surface area contributed by atoms with Crippen LogP contribution in [0.25, 0.3) is 0 Å². The summed E-state index contributed by atoms with van der Waals surface area (Å²) < 4.78 is 0. The summed E-state index contributed by atoms with van der Waals surface area (Å²) in [5.74, 6) is 0.958. The fourth-order valence-electron chi connectivity index (χ4n) is 2.38. The van der Waals surface area contributed by atoms with Gasteiger partial charge in [-0.05, 0) is 49.3 Å². The standard InChI is InChI=1S/C12H17NO/c1-8-11(3-2-4-12(8)14)9-5-6-10(13)7-9/h2-4,9-10,14H,5-7,13H2,1H3. The molecule has 0 aromatic heterocycles. The van der Waals surface area contributed by atoms with Crippen LogP contribution in [0.3, 0.4) is 0 Å². The van der Waals surface area contributed by atoms with E-state index in [1.165, 1.54) is 5.56 Å². The average molecular weight is 191 g/mol. The van der Waals surface area contributed by atoms with Crippen molar-refractivity contribution < 1.29 is 5.11 Å². The van der Waals surface area contributed by atoms with Crippen molar-refractivity contribution in [2.45, 2.75) is 38.1 Å². The quantitative estimate of drug-likeness (QED) is 0.715. The van der Waals surface area contributed by atoms with Crippen molar-refractivity contribution in [1.82, 2.24) is 0 Å². The lowest BCUT2D eigenvalue weighted by Crippen LogP contribution is -2.14. The van der Waals surface area contributed by atoms with E-state index in [2.05, 4.69) is 6.07 Å². The Morgan fingerprint density at radius 2 is 2.14 bits per heavy atom. The number of hydrogen-bond acceptors (Lipinski definition) is 2. The first-order chi connectivity index (χ1) is 6.68. The molecule has 2 heteroatoms. The molecule has 2 atom stereocenters. The van der Waals surface area contributed by atoms with Crippen LogP contribution in [-0.2, 0) is 0 Å². The minimum Gasteiger partial charge on any atom is -0.508 e. The van der Waals surface area contributed by atoms with Crippen LogP contribution in [0.15, 0.2) is 18.2 Å². The number of nitrogens with two attached hydrogens (primary N) is 1. The Morgan fingerprint density at radius 1 is 1.36 bits per heavy atom. The van der Waals surface area contributed by atoms with Gasteiger partial charge < -0.3 is 10.8 Å². The highest BCUT2D eigenvalue weighted by molar-refractivity contribution is 5.40. The summed E-state index contributed by atoms with van der Waals surface area (Å²) in [4.78, 5) is 0. The van der Waals surface area contributed by atoms with E-state index in [4.69, 9.17) is 5.73 Å². The molecular weight excluding hydrogens is 174 g/mol. The monoisotopic (exact) mass is 191 g/mol. The van der Waals surface area contributed by atoms with Gasteiger partial charge in [-0.25, -0.2) is 0 Å². The van der Waals surface area contributed by atoms with Crippen LogP contribution in [0.1, 0.15) is 36.3 Å². The van der Waals surface area contributed by atoms with Gasteiger partial charge in [0.1, 0.15) is 5.75 Å². The van der Waals surface area contributed by atoms with Crippen LogP contribution in [-0.4, -0.2) is 11.1 Å². The van der Waals surface area contributed by atoms with Gasteiger partial charge in [0.15, 0.2) is 0 Å². The van der Waals surface area contributed by atoms with Gasteiger partial charge in [0.2, 0.25) is 0 Å². The third kappa shape index (κ3) is 1.62. The fourth-order valence-corrected chi connectivity index (χ4v) is 2.38. The highest BCUT2D eigenvalue weighted by Crippen LogP contribution is 2.37. The third-order valence-corrected chi connectivity index (χ3v) is 3.26. The molecule has 0 spiro atoms. The van der Waals surface area contributed by atoms with E-state index < -0.39 is 0 Å². The maximum absolute atomic E-state index is 9.60. The summed E-state index contributed by atoms with van der Waals surface area (Å²) in [6.07, 6.45) is 3.33. The van der Waals surface area contributed by atoms with Crippen molar-refractivity contribution in [2.24, 2.45) is 5.73 Å². The molecule has 0 heterocycles. The van der Waals surface area contributed by atoms with Crippen LogP contribution in [0.4, 0.5) is 0 Å². The van der Waals surface area contributed by atoms with Crippen molar-refractivity contribution in [3.63, 3.8) is 0 Å². The van der Waals surface area contributed by atoms with E-state index in [1.54, 1.807) is 6.07 Å². The predicted molar refractivity (Wildman–Crippen MR) is 57.4 cm³/mol. The summed E-state index contributed by atoms with van der Waals surface area (Å²) in [5, 5.41) is 9.60. The first-order valence-corrected chi connectivity index (χ1v) is 5.22. The number of benzene rings is 1. The van der Waals surface area contributed by atoms with Crippen LogP contribution in [0.5, 0.6) is 5.75 Å². The molecule has 2 unspecified atom stereocenters. The van der Waals surface area contributed by atoms with Crippen LogP contribution in [0.2, 0.25) is 0 Å². The van der Waals surface area contributed by atoms with E-state index >= 15 is 0 Å². The minimum absolute atomic E-state index is 0.349. The van der Waals surface area contributed by atoms with Gasteiger partial charge in [0.05, 0.1) is 0 Å². The molecule has 14 heavy (non-hydrogen) atoms. The summed E-state index contributed by atoms with van der Waals surface area (Å²) in [6, 6.07) is 6.12. The van der Waals surface area contributed by atoms with Crippen molar-refractivity contribution in [3.8, 4) is 5.75 Å². The zero-order valence-electron chi connectivity index (χ0n) is 8.53. The third-order valence-electron chi connectivity index (χ3n) is 3.26. The Kier molecular flexibility index (Phi) is 2.46. The number of phenols is 1. The summed E-state index contributed by atoms with van der Waals surface area (Å²) in [7, 11) is 0. The van der Waals surface area contributed by atoms with Gasteiger partial charge in [-0.15, -0.1) is 0 Å². The zero-order chi connectivity index (χ0) is 10.1. The van der Waals surface area contributed by atoms with E-state index in [0.717, 1.165) is 24.8 Å². The van der Waals surface area contributed by atoms with Crippen LogP contribution in [0, 0.1) is 6.92 Å². The lowest BCUT2D eigenvalue weighted by atomic mass is 9.93. The maximum atomic E-state index is 9.60. The van der Waals surface area contributed by atoms with Crippen molar-refractivity contribution in [3.05, 3.63) is 29.3 Å². The molecule has 1 aliphatic carbocycles. The van der Waals surface area contributed by atoms with Crippen LogP contribution < -0.4 is 5.73 Å². The molecule has 1 aromatic carbocycles. The molecule has 76 valence electrons. The topological polar surface area (TPSA) is 46.2 Å². The Balaban J connectivity index is 2.28. The van der Waals surface area contributed by atoms with Crippen molar-refractivity contribution in [2.75, 3.05) is 0 Å². The normalized spacial score (nSPS) is 26.7. The molecule has 1 aromatic rings. The van der Waals surface area contributed by atoms with E-state index in [0.29, 0.717) is 17.7 Å². The summed E-state index contributed by atoms with van der Waals surface area (Å²) >= 11 is 0. The zero-order valence-corrected chi connectivity index (χ0v) is 8.53. The van der Waals surface area contributed by atoms with Gasteiger partial charge in [0, 0.05) is 6.04 Å². The van der Waals surface area contributed by atoms with Crippen molar-refractivity contribution in [1.29, 1.82) is 0 Å². The lowest BCUT2D eigenvalue weighted by molar-refractivity contribution is 0.469.